The summed E-state index contributed by atoms with van der Waals surface area (Å²) in [6.07, 6.45) is 3.26. The summed E-state index contributed by atoms with van der Waals surface area (Å²) in [5, 5.41) is 4.04. The number of hydrogen-bond acceptors (Lipinski definition) is 3. The lowest BCUT2D eigenvalue weighted by Crippen LogP contribution is -2.01. The zero-order valence-electron chi connectivity index (χ0n) is 9.97. The van der Waals surface area contributed by atoms with E-state index in [1.54, 1.807) is 35.3 Å². The van der Waals surface area contributed by atoms with Crippen molar-refractivity contribution in [2.75, 3.05) is 5.75 Å². The summed E-state index contributed by atoms with van der Waals surface area (Å²) in [7, 11) is 0. The highest BCUT2D eigenvalue weighted by Crippen LogP contribution is 2.22. The molecule has 1 heterocycles. The van der Waals surface area contributed by atoms with Crippen molar-refractivity contribution in [3.05, 3.63) is 48.0 Å². The molecule has 18 heavy (non-hydrogen) atoms. The highest BCUT2D eigenvalue weighted by Gasteiger charge is 2.10. The molecule has 0 fully saturated rings. The van der Waals surface area contributed by atoms with E-state index < -0.39 is 0 Å². The summed E-state index contributed by atoms with van der Waals surface area (Å²) < 4.78 is 15.0. The van der Waals surface area contributed by atoms with Crippen LogP contribution in [0.4, 0.5) is 4.39 Å². The minimum atomic E-state index is -0.292. The lowest BCUT2D eigenvalue weighted by Gasteiger charge is -2.01. The van der Waals surface area contributed by atoms with Gasteiger partial charge in [-0.05, 0) is 19.1 Å². The van der Waals surface area contributed by atoms with Crippen LogP contribution in [0.5, 0.6) is 0 Å². The monoisotopic (exact) mass is 264 g/mol. The van der Waals surface area contributed by atoms with Crippen molar-refractivity contribution >= 4 is 17.5 Å². The summed E-state index contributed by atoms with van der Waals surface area (Å²) >= 11 is 1.21. The summed E-state index contributed by atoms with van der Waals surface area (Å²) in [5.41, 5.74) is 0.570. The van der Waals surface area contributed by atoms with Crippen LogP contribution in [0.25, 0.3) is 0 Å². The second-order valence-corrected chi connectivity index (χ2v) is 4.74. The van der Waals surface area contributed by atoms with E-state index in [-0.39, 0.29) is 17.4 Å². The van der Waals surface area contributed by atoms with Gasteiger partial charge in [-0.25, -0.2) is 4.39 Å². The molecule has 2 aromatic rings. The van der Waals surface area contributed by atoms with Gasteiger partial charge in [0.2, 0.25) is 0 Å². The van der Waals surface area contributed by atoms with Crippen molar-refractivity contribution in [3.63, 3.8) is 0 Å². The summed E-state index contributed by atoms with van der Waals surface area (Å²) in [4.78, 5) is 12.4. The van der Waals surface area contributed by atoms with Crippen molar-refractivity contribution in [3.8, 4) is 0 Å². The fourth-order valence-corrected chi connectivity index (χ4v) is 2.30. The Hall–Kier alpha value is -1.62. The van der Waals surface area contributed by atoms with Crippen LogP contribution in [0.15, 0.2) is 41.6 Å². The molecule has 0 N–H and O–H groups in total. The fraction of sp³-hybridized carbons (Fsp3) is 0.231. The zero-order valence-corrected chi connectivity index (χ0v) is 10.8. The van der Waals surface area contributed by atoms with Gasteiger partial charge in [-0.1, -0.05) is 12.1 Å². The van der Waals surface area contributed by atoms with Gasteiger partial charge in [-0.2, -0.15) is 5.10 Å². The Labute approximate surface area is 109 Å². The van der Waals surface area contributed by atoms with Crippen molar-refractivity contribution < 1.29 is 9.18 Å². The van der Waals surface area contributed by atoms with Crippen molar-refractivity contribution in [2.24, 2.45) is 0 Å². The molecule has 0 amide bonds. The third-order valence-corrected chi connectivity index (χ3v) is 3.52. The second-order valence-electron chi connectivity index (χ2n) is 3.73. The van der Waals surface area contributed by atoms with Gasteiger partial charge in [0.05, 0.1) is 17.5 Å². The van der Waals surface area contributed by atoms with E-state index in [0.717, 1.165) is 6.54 Å². The first kappa shape index (κ1) is 12.8. The Morgan fingerprint density at radius 2 is 2.22 bits per heavy atom. The minimum absolute atomic E-state index is 0.0389. The van der Waals surface area contributed by atoms with E-state index in [1.165, 1.54) is 17.8 Å². The van der Waals surface area contributed by atoms with Gasteiger partial charge in [0.15, 0.2) is 5.78 Å². The van der Waals surface area contributed by atoms with Crippen molar-refractivity contribution in [2.45, 2.75) is 18.4 Å². The lowest BCUT2D eigenvalue weighted by atomic mass is 10.3. The molecule has 0 saturated carbocycles. The van der Waals surface area contributed by atoms with E-state index in [0.29, 0.717) is 10.5 Å². The summed E-state index contributed by atoms with van der Waals surface area (Å²) in [5.74, 6) is -0.112. The molecular formula is C13H13FN2OS. The third kappa shape index (κ3) is 2.98. The van der Waals surface area contributed by atoms with Crippen LogP contribution in [-0.2, 0) is 6.54 Å². The first-order valence-electron chi connectivity index (χ1n) is 5.63. The number of ketones is 1. The summed E-state index contributed by atoms with van der Waals surface area (Å²) in [6, 6.07) is 6.45. The standard InChI is InChI=1S/C13H13FN2OS/c1-2-16-8-10(7-15-16)12(17)9-18-13-6-4-3-5-11(13)14/h3-8H,2,9H2,1H3. The molecule has 0 unspecified atom stereocenters. The highest BCUT2D eigenvalue weighted by molar-refractivity contribution is 8.00. The minimum Gasteiger partial charge on any atom is -0.293 e. The van der Waals surface area contributed by atoms with E-state index in [9.17, 15) is 9.18 Å². The van der Waals surface area contributed by atoms with Crippen LogP contribution < -0.4 is 0 Å². The number of hydrogen-bond donors (Lipinski definition) is 0. The Kier molecular flexibility index (Phi) is 4.15. The van der Waals surface area contributed by atoms with Gasteiger partial charge in [0.25, 0.3) is 0 Å². The topological polar surface area (TPSA) is 34.9 Å². The Bertz CT molecular complexity index is 553. The molecule has 2 rings (SSSR count). The van der Waals surface area contributed by atoms with Gasteiger partial charge < -0.3 is 0 Å². The Balaban J connectivity index is 1.98. The molecule has 0 saturated heterocycles. The number of benzene rings is 1. The van der Waals surface area contributed by atoms with Gasteiger partial charge in [-0.15, -0.1) is 11.8 Å². The number of halogens is 1. The maximum atomic E-state index is 13.4. The molecule has 0 radical (unpaired) electrons. The molecule has 0 aliphatic heterocycles. The molecule has 0 aliphatic rings. The fourth-order valence-electron chi connectivity index (χ4n) is 1.47. The van der Waals surface area contributed by atoms with Gasteiger partial charge in [0, 0.05) is 17.6 Å². The normalized spacial score (nSPS) is 10.6. The first-order chi connectivity index (χ1) is 8.70. The zero-order chi connectivity index (χ0) is 13.0. The molecule has 0 spiro atoms. The molecule has 3 nitrogen and oxygen atoms in total. The maximum Gasteiger partial charge on any atom is 0.176 e. The number of carbonyl (C=O) groups is 1. The average Bonchev–Trinajstić information content (AvgIpc) is 2.86. The number of nitrogens with zero attached hydrogens (tertiary/aromatic N) is 2. The number of rotatable bonds is 5. The van der Waals surface area contributed by atoms with E-state index in [4.69, 9.17) is 0 Å². The quantitative estimate of drug-likeness (QED) is 0.615. The van der Waals surface area contributed by atoms with Gasteiger partial charge >= 0.3 is 0 Å². The SMILES string of the molecule is CCn1cc(C(=O)CSc2ccccc2F)cn1. The Morgan fingerprint density at radius 1 is 1.44 bits per heavy atom. The average molecular weight is 264 g/mol. The molecule has 94 valence electrons. The smallest absolute Gasteiger partial charge is 0.176 e. The lowest BCUT2D eigenvalue weighted by molar-refractivity contribution is 0.102. The van der Waals surface area contributed by atoms with Crippen molar-refractivity contribution in [1.82, 2.24) is 9.78 Å². The van der Waals surface area contributed by atoms with E-state index in [1.807, 2.05) is 6.92 Å². The second kappa shape index (κ2) is 5.82. The molecular weight excluding hydrogens is 251 g/mol. The van der Waals surface area contributed by atoms with Crippen LogP contribution in [0.3, 0.4) is 0 Å². The third-order valence-electron chi connectivity index (χ3n) is 2.47. The van der Waals surface area contributed by atoms with Crippen LogP contribution in [0.2, 0.25) is 0 Å². The van der Waals surface area contributed by atoms with Gasteiger partial charge in [-0.3, -0.25) is 9.48 Å². The number of aromatic nitrogens is 2. The van der Waals surface area contributed by atoms with Crippen LogP contribution in [0.1, 0.15) is 17.3 Å². The molecule has 0 bridgehead atoms. The molecule has 5 heteroatoms. The van der Waals surface area contributed by atoms with Crippen LogP contribution in [0, 0.1) is 5.82 Å². The predicted molar refractivity (Wildman–Crippen MR) is 69.4 cm³/mol. The molecule has 1 aromatic carbocycles. The number of carbonyl (C=O) groups excluding carboxylic acids is 1. The van der Waals surface area contributed by atoms with Crippen LogP contribution in [-0.4, -0.2) is 21.3 Å². The highest BCUT2D eigenvalue weighted by atomic mass is 32.2. The molecule has 1 aromatic heterocycles. The molecule has 0 atom stereocenters. The van der Waals surface area contributed by atoms with Crippen molar-refractivity contribution in [1.29, 1.82) is 0 Å². The largest absolute Gasteiger partial charge is 0.293 e. The summed E-state index contributed by atoms with van der Waals surface area (Å²) in [6.45, 7) is 2.68. The molecule has 0 aliphatic carbocycles. The number of thioether (sulfide) groups is 1. The van der Waals surface area contributed by atoms with Crippen LogP contribution >= 0.6 is 11.8 Å². The number of Topliss-reactive ketones (excluding diaryl/α,β-unsaturated/α-hetero) is 1. The Morgan fingerprint density at radius 3 is 2.89 bits per heavy atom. The first-order valence-corrected chi connectivity index (χ1v) is 6.62. The maximum absolute atomic E-state index is 13.4. The predicted octanol–water partition coefficient (Wildman–Crippen LogP) is 3.02. The van der Waals surface area contributed by atoms with E-state index >= 15 is 0 Å². The van der Waals surface area contributed by atoms with E-state index in [2.05, 4.69) is 5.10 Å². The van der Waals surface area contributed by atoms with Gasteiger partial charge in [0.1, 0.15) is 5.82 Å². The number of aryl methyl sites for hydroxylation is 1.